The Morgan fingerprint density at radius 1 is 1.24 bits per heavy atom. The average molecular weight is 234 g/mol. The van der Waals surface area contributed by atoms with Gasteiger partial charge in [0.15, 0.2) is 0 Å². The molecule has 3 heteroatoms. The third-order valence-electron chi connectivity index (χ3n) is 2.87. The van der Waals surface area contributed by atoms with Gasteiger partial charge in [0.25, 0.3) is 0 Å². The number of nitrogens with zero attached hydrogens (tertiary/aromatic N) is 1. The quantitative estimate of drug-likeness (QED) is 0.817. The van der Waals surface area contributed by atoms with Gasteiger partial charge in [0.2, 0.25) is 5.91 Å². The monoisotopic (exact) mass is 234 g/mol. The molecule has 2 N–H and O–H groups in total. The minimum Gasteiger partial charge on any atom is -0.341 e. The minimum absolute atomic E-state index is 0.162. The molecule has 0 aliphatic heterocycles. The van der Waals surface area contributed by atoms with Crippen LogP contribution in [-0.4, -0.2) is 24.4 Å². The van der Waals surface area contributed by atoms with E-state index in [2.05, 4.69) is 31.2 Å². The first-order valence-electron chi connectivity index (χ1n) is 6.19. The molecule has 0 radical (unpaired) electrons. The highest BCUT2D eigenvalue weighted by Gasteiger charge is 2.08. The Kier molecular flexibility index (Phi) is 5.70. The van der Waals surface area contributed by atoms with E-state index in [1.54, 1.807) is 4.90 Å². The lowest BCUT2D eigenvalue weighted by Crippen LogP contribution is -2.26. The Hall–Kier alpha value is -1.35. The molecule has 0 aliphatic rings. The van der Waals surface area contributed by atoms with Crippen molar-refractivity contribution in [1.82, 2.24) is 4.90 Å². The van der Waals surface area contributed by atoms with Gasteiger partial charge in [0.05, 0.1) is 0 Å². The van der Waals surface area contributed by atoms with Crippen molar-refractivity contribution in [1.29, 1.82) is 0 Å². The molecule has 0 aliphatic carbocycles. The fourth-order valence-corrected chi connectivity index (χ4v) is 1.69. The Morgan fingerprint density at radius 2 is 1.82 bits per heavy atom. The zero-order valence-corrected chi connectivity index (χ0v) is 10.8. The molecule has 0 atom stereocenters. The SMILES string of the molecule is CCc1ccc(CN(C)C(=O)CCCN)cc1. The first kappa shape index (κ1) is 13.7. The second kappa shape index (κ2) is 7.07. The second-order valence-electron chi connectivity index (χ2n) is 4.31. The number of aryl methyl sites for hydroxylation is 1. The van der Waals surface area contributed by atoms with Crippen LogP contribution in [0, 0.1) is 0 Å². The van der Waals surface area contributed by atoms with Crippen LogP contribution in [0.15, 0.2) is 24.3 Å². The van der Waals surface area contributed by atoms with Gasteiger partial charge < -0.3 is 10.6 Å². The van der Waals surface area contributed by atoms with Crippen LogP contribution in [0.2, 0.25) is 0 Å². The summed E-state index contributed by atoms with van der Waals surface area (Å²) in [5.74, 6) is 0.162. The molecule has 0 unspecified atom stereocenters. The summed E-state index contributed by atoms with van der Waals surface area (Å²) in [5, 5.41) is 0. The lowest BCUT2D eigenvalue weighted by atomic mass is 10.1. The van der Waals surface area contributed by atoms with Crippen molar-refractivity contribution >= 4 is 5.91 Å². The maximum Gasteiger partial charge on any atom is 0.222 e. The van der Waals surface area contributed by atoms with Crippen LogP contribution in [-0.2, 0) is 17.8 Å². The number of amides is 1. The summed E-state index contributed by atoms with van der Waals surface area (Å²) in [6, 6.07) is 8.41. The first-order valence-corrected chi connectivity index (χ1v) is 6.19. The number of benzene rings is 1. The lowest BCUT2D eigenvalue weighted by molar-refractivity contribution is -0.130. The third-order valence-corrected chi connectivity index (χ3v) is 2.87. The van der Waals surface area contributed by atoms with Gasteiger partial charge in [-0.1, -0.05) is 31.2 Å². The summed E-state index contributed by atoms with van der Waals surface area (Å²) < 4.78 is 0. The number of rotatable bonds is 6. The predicted molar refractivity (Wildman–Crippen MR) is 70.6 cm³/mol. The Balaban J connectivity index is 2.49. The zero-order chi connectivity index (χ0) is 12.7. The molecule has 1 aromatic rings. The summed E-state index contributed by atoms with van der Waals surface area (Å²) in [7, 11) is 1.84. The van der Waals surface area contributed by atoms with Gasteiger partial charge in [-0.25, -0.2) is 0 Å². The number of nitrogens with two attached hydrogens (primary N) is 1. The molecule has 1 amide bonds. The van der Waals surface area contributed by atoms with Crippen molar-refractivity contribution in [3.63, 3.8) is 0 Å². The zero-order valence-electron chi connectivity index (χ0n) is 10.8. The maximum absolute atomic E-state index is 11.7. The van der Waals surface area contributed by atoms with Gasteiger partial charge >= 0.3 is 0 Å². The molecule has 3 nitrogen and oxygen atoms in total. The second-order valence-corrected chi connectivity index (χ2v) is 4.31. The van der Waals surface area contributed by atoms with E-state index in [0.29, 0.717) is 19.5 Å². The van der Waals surface area contributed by atoms with E-state index in [0.717, 1.165) is 12.8 Å². The van der Waals surface area contributed by atoms with Gasteiger partial charge in [-0.2, -0.15) is 0 Å². The normalized spacial score (nSPS) is 10.3. The standard InChI is InChI=1S/C14H22N2O/c1-3-12-6-8-13(9-7-12)11-16(2)14(17)5-4-10-15/h6-9H,3-5,10-11,15H2,1-2H3. The summed E-state index contributed by atoms with van der Waals surface area (Å²) >= 11 is 0. The summed E-state index contributed by atoms with van der Waals surface area (Å²) in [6.45, 7) is 3.38. The van der Waals surface area contributed by atoms with Gasteiger partial charge in [0.1, 0.15) is 0 Å². The first-order chi connectivity index (χ1) is 8.17. The van der Waals surface area contributed by atoms with Crippen LogP contribution in [0.1, 0.15) is 30.9 Å². The van der Waals surface area contributed by atoms with E-state index in [-0.39, 0.29) is 5.91 Å². The molecule has 0 spiro atoms. The van der Waals surface area contributed by atoms with Gasteiger partial charge in [0, 0.05) is 20.0 Å². The number of carbonyl (C=O) groups excluding carboxylic acids is 1. The Bertz CT molecular complexity index is 346. The van der Waals surface area contributed by atoms with E-state index in [1.807, 2.05) is 7.05 Å². The Morgan fingerprint density at radius 3 is 2.35 bits per heavy atom. The van der Waals surface area contributed by atoms with Crippen molar-refractivity contribution in [2.24, 2.45) is 5.73 Å². The van der Waals surface area contributed by atoms with E-state index < -0.39 is 0 Å². The predicted octanol–water partition coefficient (Wildman–Crippen LogP) is 1.95. The van der Waals surface area contributed by atoms with E-state index in [1.165, 1.54) is 11.1 Å². The molecular weight excluding hydrogens is 212 g/mol. The molecule has 0 bridgehead atoms. The fraction of sp³-hybridized carbons (Fsp3) is 0.500. The minimum atomic E-state index is 0.162. The van der Waals surface area contributed by atoms with E-state index >= 15 is 0 Å². The number of carbonyl (C=O) groups is 1. The molecule has 1 aromatic carbocycles. The van der Waals surface area contributed by atoms with Crippen molar-refractivity contribution in [2.75, 3.05) is 13.6 Å². The van der Waals surface area contributed by atoms with Crippen molar-refractivity contribution in [3.05, 3.63) is 35.4 Å². The highest BCUT2D eigenvalue weighted by atomic mass is 16.2. The van der Waals surface area contributed by atoms with Crippen molar-refractivity contribution < 1.29 is 4.79 Å². The lowest BCUT2D eigenvalue weighted by Gasteiger charge is -2.17. The highest BCUT2D eigenvalue weighted by Crippen LogP contribution is 2.08. The average Bonchev–Trinajstić information content (AvgIpc) is 2.36. The summed E-state index contributed by atoms with van der Waals surface area (Å²) in [6.07, 6.45) is 2.35. The van der Waals surface area contributed by atoms with Crippen molar-refractivity contribution in [2.45, 2.75) is 32.7 Å². The third kappa shape index (κ3) is 4.57. The number of hydrogen-bond donors (Lipinski definition) is 1. The largest absolute Gasteiger partial charge is 0.341 e. The molecule has 0 saturated carbocycles. The summed E-state index contributed by atoms with van der Waals surface area (Å²) in [4.78, 5) is 13.5. The van der Waals surface area contributed by atoms with Crippen LogP contribution in [0.25, 0.3) is 0 Å². The summed E-state index contributed by atoms with van der Waals surface area (Å²) in [5.41, 5.74) is 7.89. The van der Waals surface area contributed by atoms with Crippen LogP contribution >= 0.6 is 0 Å². The molecule has 94 valence electrons. The van der Waals surface area contributed by atoms with Gasteiger partial charge in [-0.15, -0.1) is 0 Å². The van der Waals surface area contributed by atoms with Crippen LogP contribution in [0.4, 0.5) is 0 Å². The topological polar surface area (TPSA) is 46.3 Å². The highest BCUT2D eigenvalue weighted by molar-refractivity contribution is 5.75. The number of hydrogen-bond acceptors (Lipinski definition) is 2. The van der Waals surface area contributed by atoms with Gasteiger partial charge in [-0.05, 0) is 30.5 Å². The maximum atomic E-state index is 11.7. The molecule has 0 fully saturated rings. The van der Waals surface area contributed by atoms with Crippen molar-refractivity contribution in [3.8, 4) is 0 Å². The smallest absolute Gasteiger partial charge is 0.222 e. The van der Waals surface area contributed by atoms with Crippen LogP contribution in [0.3, 0.4) is 0 Å². The fourth-order valence-electron chi connectivity index (χ4n) is 1.69. The van der Waals surface area contributed by atoms with E-state index in [9.17, 15) is 4.79 Å². The van der Waals surface area contributed by atoms with Crippen LogP contribution in [0.5, 0.6) is 0 Å². The molecular formula is C14H22N2O. The molecule has 17 heavy (non-hydrogen) atoms. The van der Waals surface area contributed by atoms with Gasteiger partial charge in [-0.3, -0.25) is 4.79 Å². The van der Waals surface area contributed by atoms with E-state index in [4.69, 9.17) is 5.73 Å². The molecule has 0 aromatic heterocycles. The van der Waals surface area contributed by atoms with Crippen LogP contribution < -0.4 is 5.73 Å². The molecule has 1 rings (SSSR count). The molecule has 0 heterocycles. The molecule has 0 saturated heterocycles. The Labute approximate surface area is 104 Å².